The largest absolute Gasteiger partial charge is 0.498 e. The number of nitrogens with zero attached hydrogens (tertiary/aromatic N) is 2. The van der Waals surface area contributed by atoms with Gasteiger partial charge in [0.05, 0.1) is 11.2 Å². The molecule has 0 radical (unpaired) electrons. The fourth-order valence-electron chi connectivity index (χ4n) is 2.62. The maximum Gasteiger partial charge on any atom is 0.498 e. The summed E-state index contributed by atoms with van der Waals surface area (Å²) in [5.41, 5.74) is 9.00. The van der Waals surface area contributed by atoms with Gasteiger partial charge in [-0.15, -0.1) is 0 Å². The van der Waals surface area contributed by atoms with Crippen molar-refractivity contribution in [1.82, 2.24) is 9.97 Å². The van der Waals surface area contributed by atoms with Gasteiger partial charge in [-0.25, -0.2) is 4.98 Å². The Morgan fingerprint density at radius 2 is 1.61 bits per heavy atom. The van der Waals surface area contributed by atoms with Crippen LogP contribution < -0.4 is 11.2 Å². The van der Waals surface area contributed by atoms with E-state index in [1.807, 2.05) is 52.8 Å². The third-order valence-electron chi connectivity index (χ3n) is 4.77. The van der Waals surface area contributed by atoms with Crippen molar-refractivity contribution in [2.75, 3.05) is 5.73 Å². The first-order valence-electron chi connectivity index (χ1n) is 7.74. The molecule has 2 aromatic rings. The number of hydrogen-bond acceptors (Lipinski definition) is 5. The van der Waals surface area contributed by atoms with E-state index in [2.05, 4.69) is 9.97 Å². The van der Waals surface area contributed by atoms with Gasteiger partial charge < -0.3 is 15.0 Å². The Labute approximate surface area is 137 Å². The Bertz CT molecular complexity index is 716. The third kappa shape index (κ3) is 2.73. The highest BCUT2D eigenvalue weighted by Crippen LogP contribution is 2.37. The summed E-state index contributed by atoms with van der Waals surface area (Å²) in [4.78, 5) is 8.55. The van der Waals surface area contributed by atoms with E-state index in [9.17, 15) is 0 Å². The van der Waals surface area contributed by atoms with Crippen molar-refractivity contribution in [2.45, 2.75) is 45.8 Å². The van der Waals surface area contributed by atoms with Crippen molar-refractivity contribution in [1.29, 1.82) is 0 Å². The molecule has 0 spiro atoms. The minimum absolute atomic E-state index is 0.411. The Hall–Kier alpha value is -1.92. The predicted molar refractivity (Wildman–Crippen MR) is 92.3 cm³/mol. The molecule has 3 rings (SSSR count). The monoisotopic (exact) mass is 311 g/mol. The van der Waals surface area contributed by atoms with E-state index in [1.165, 1.54) is 0 Å². The van der Waals surface area contributed by atoms with E-state index >= 15 is 0 Å². The minimum atomic E-state index is -0.520. The van der Waals surface area contributed by atoms with Gasteiger partial charge in [0.15, 0.2) is 0 Å². The second-order valence-corrected chi connectivity index (χ2v) is 6.92. The summed E-state index contributed by atoms with van der Waals surface area (Å²) < 4.78 is 12.2. The molecule has 120 valence electrons. The second kappa shape index (κ2) is 5.32. The van der Waals surface area contributed by atoms with Gasteiger partial charge in [-0.3, -0.25) is 4.98 Å². The fourth-order valence-corrected chi connectivity index (χ4v) is 2.62. The van der Waals surface area contributed by atoms with Crippen LogP contribution in [0.1, 0.15) is 33.4 Å². The molecule has 3 heterocycles. The number of anilines is 1. The van der Waals surface area contributed by atoms with Crippen LogP contribution >= 0.6 is 0 Å². The molecule has 0 amide bonds. The van der Waals surface area contributed by atoms with Crippen LogP contribution in [0.15, 0.2) is 30.6 Å². The summed E-state index contributed by atoms with van der Waals surface area (Å²) >= 11 is 0. The van der Waals surface area contributed by atoms with Gasteiger partial charge in [0, 0.05) is 29.1 Å². The molecule has 0 aliphatic carbocycles. The van der Waals surface area contributed by atoms with Crippen LogP contribution in [0.4, 0.5) is 5.82 Å². The molecule has 2 aromatic heterocycles. The number of aryl methyl sites for hydroxylation is 1. The topological polar surface area (TPSA) is 70.3 Å². The zero-order chi connectivity index (χ0) is 16.8. The van der Waals surface area contributed by atoms with Crippen LogP contribution in [0.3, 0.4) is 0 Å². The molecule has 2 N–H and O–H groups in total. The molecule has 0 atom stereocenters. The lowest BCUT2D eigenvalue weighted by atomic mass is 9.78. The molecule has 6 heteroatoms. The van der Waals surface area contributed by atoms with Gasteiger partial charge in [0.1, 0.15) is 5.82 Å². The first-order valence-corrected chi connectivity index (χ1v) is 7.74. The second-order valence-electron chi connectivity index (χ2n) is 6.92. The number of aromatic nitrogens is 2. The maximum absolute atomic E-state index is 6.14. The highest BCUT2D eigenvalue weighted by Gasteiger charge is 2.52. The Kier molecular flexibility index (Phi) is 3.69. The minimum Gasteiger partial charge on any atom is -0.399 e. The highest BCUT2D eigenvalue weighted by molar-refractivity contribution is 6.63. The third-order valence-corrected chi connectivity index (χ3v) is 4.77. The molecule has 1 fully saturated rings. The molecular weight excluding hydrogens is 289 g/mol. The molecule has 1 aliphatic heterocycles. The van der Waals surface area contributed by atoms with Gasteiger partial charge in [0.25, 0.3) is 0 Å². The van der Waals surface area contributed by atoms with Crippen molar-refractivity contribution in [3.8, 4) is 11.1 Å². The molecule has 1 aliphatic rings. The summed E-state index contributed by atoms with van der Waals surface area (Å²) in [6, 6.07) is 5.91. The smallest absolute Gasteiger partial charge is 0.399 e. The number of rotatable bonds is 2. The first kappa shape index (κ1) is 16.0. The highest BCUT2D eigenvalue weighted by atomic mass is 16.7. The molecular formula is C17H22BN3O2. The number of nitrogens with two attached hydrogens (primary N) is 1. The Morgan fingerprint density at radius 1 is 1.04 bits per heavy atom. The number of hydrogen-bond donors (Lipinski definition) is 1. The van der Waals surface area contributed by atoms with Crippen molar-refractivity contribution < 1.29 is 9.31 Å². The van der Waals surface area contributed by atoms with Gasteiger partial charge in [-0.05, 0) is 58.4 Å². The lowest BCUT2D eigenvalue weighted by Gasteiger charge is -2.32. The molecule has 1 saturated heterocycles. The molecule has 0 aromatic carbocycles. The molecule has 23 heavy (non-hydrogen) atoms. The van der Waals surface area contributed by atoms with E-state index in [4.69, 9.17) is 15.0 Å². The van der Waals surface area contributed by atoms with Crippen LogP contribution in [-0.4, -0.2) is 28.3 Å². The summed E-state index contributed by atoms with van der Waals surface area (Å²) in [6.07, 6.45) is 3.53. The van der Waals surface area contributed by atoms with Crippen molar-refractivity contribution in [3.63, 3.8) is 0 Å². The summed E-state index contributed by atoms with van der Waals surface area (Å²) in [6.45, 7) is 10.0. The van der Waals surface area contributed by atoms with Crippen LogP contribution in [0.5, 0.6) is 0 Å². The normalized spacial score (nSPS) is 19.1. The summed E-state index contributed by atoms with van der Waals surface area (Å²) in [7, 11) is -0.520. The lowest BCUT2D eigenvalue weighted by Crippen LogP contribution is -2.41. The van der Waals surface area contributed by atoms with Gasteiger partial charge in [-0.2, -0.15) is 0 Å². The molecule has 0 bridgehead atoms. The fraction of sp³-hybridized carbons (Fsp3) is 0.412. The van der Waals surface area contributed by atoms with Crippen molar-refractivity contribution >= 4 is 18.4 Å². The van der Waals surface area contributed by atoms with Crippen molar-refractivity contribution in [3.05, 3.63) is 36.3 Å². The zero-order valence-electron chi connectivity index (χ0n) is 14.3. The van der Waals surface area contributed by atoms with Gasteiger partial charge in [0.2, 0.25) is 0 Å². The molecule has 0 saturated carbocycles. The van der Waals surface area contributed by atoms with E-state index in [1.54, 1.807) is 12.4 Å². The van der Waals surface area contributed by atoms with E-state index in [0.717, 1.165) is 22.3 Å². The quantitative estimate of drug-likeness (QED) is 0.862. The lowest BCUT2D eigenvalue weighted by molar-refractivity contribution is 0.00578. The van der Waals surface area contributed by atoms with Crippen molar-refractivity contribution in [2.24, 2.45) is 0 Å². The summed E-state index contributed by atoms with van der Waals surface area (Å²) in [5, 5.41) is 0. The first-order chi connectivity index (χ1) is 10.7. The van der Waals surface area contributed by atoms with Crippen LogP contribution in [0.25, 0.3) is 11.1 Å². The average Bonchev–Trinajstić information content (AvgIpc) is 2.68. The summed E-state index contributed by atoms with van der Waals surface area (Å²) in [5.74, 6) is 0.443. The van der Waals surface area contributed by atoms with Crippen LogP contribution in [-0.2, 0) is 9.31 Å². The molecule has 5 nitrogen and oxygen atoms in total. The maximum atomic E-state index is 6.14. The van der Waals surface area contributed by atoms with E-state index < -0.39 is 18.3 Å². The predicted octanol–water partition coefficient (Wildman–Crippen LogP) is 2.33. The van der Waals surface area contributed by atoms with Crippen LogP contribution in [0.2, 0.25) is 0 Å². The van der Waals surface area contributed by atoms with Crippen LogP contribution in [0, 0.1) is 6.92 Å². The van der Waals surface area contributed by atoms with E-state index in [0.29, 0.717) is 5.82 Å². The van der Waals surface area contributed by atoms with Gasteiger partial charge in [-0.1, -0.05) is 0 Å². The standard InChI is InChI=1S/C17H22BN3O2/c1-11-13(12-6-8-20-9-7-12)10-14(15(19)21-11)18-22-16(2,3)17(4,5)23-18/h6-10H,1-5H3,(H2,19,21). The zero-order valence-corrected chi connectivity index (χ0v) is 14.3. The number of nitrogen functional groups attached to an aromatic ring is 1. The Morgan fingerprint density at radius 3 is 2.17 bits per heavy atom. The number of pyridine rings is 2. The van der Waals surface area contributed by atoms with E-state index in [-0.39, 0.29) is 0 Å². The average molecular weight is 311 g/mol. The molecule has 0 unspecified atom stereocenters. The van der Waals surface area contributed by atoms with Gasteiger partial charge >= 0.3 is 7.12 Å². The Balaban J connectivity index is 2.05. The SMILES string of the molecule is Cc1nc(N)c(B2OC(C)(C)C(C)(C)O2)cc1-c1ccncc1.